The number of imidazole rings is 1. The maximum atomic E-state index is 12.3. The Morgan fingerprint density at radius 3 is 2.50 bits per heavy atom. The summed E-state index contributed by atoms with van der Waals surface area (Å²) in [7, 11) is 0. The molecule has 1 aromatic carbocycles. The van der Waals surface area contributed by atoms with E-state index in [0.29, 0.717) is 13.1 Å². The van der Waals surface area contributed by atoms with E-state index in [2.05, 4.69) is 9.97 Å². The first-order valence-electron chi connectivity index (χ1n) is 11.4. The number of amides is 1. The second-order valence-electron chi connectivity index (χ2n) is 9.23. The van der Waals surface area contributed by atoms with Crippen molar-refractivity contribution in [3.8, 4) is 22.3 Å². The Balaban J connectivity index is 1.29. The Hall–Kier alpha value is -3.46. The van der Waals surface area contributed by atoms with Gasteiger partial charge in [-0.3, -0.25) is 4.57 Å². The van der Waals surface area contributed by atoms with Crippen LogP contribution in [0.4, 0.5) is 4.79 Å². The van der Waals surface area contributed by atoms with E-state index < -0.39 is 5.60 Å². The van der Waals surface area contributed by atoms with Gasteiger partial charge in [0.05, 0.1) is 0 Å². The van der Waals surface area contributed by atoms with Crippen LogP contribution in [0.25, 0.3) is 27.7 Å². The topological polar surface area (TPSA) is 82.4 Å². The molecule has 0 N–H and O–H groups in total. The highest BCUT2D eigenvalue weighted by molar-refractivity contribution is 7.13. The van der Waals surface area contributed by atoms with Crippen molar-refractivity contribution >= 4 is 28.6 Å². The number of piperidine rings is 1. The van der Waals surface area contributed by atoms with Crippen molar-refractivity contribution in [2.45, 2.75) is 45.3 Å². The molecule has 1 saturated heterocycles. The molecule has 0 radical (unpaired) electrons. The summed E-state index contributed by atoms with van der Waals surface area (Å²) in [6.45, 7) is 6.90. The number of benzene rings is 1. The molecule has 0 atom stereocenters. The third kappa shape index (κ3) is 4.75. The number of carbonyl (C=O) groups excluding carboxylic acids is 1. The lowest BCUT2D eigenvalue weighted by Crippen LogP contribution is -2.44. The lowest BCUT2D eigenvalue weighted by Gasteiger charge is -2.33. The minimum absolute atomic E-state index is 0.0613. The molecule has 34 heavy (non-hydrogen) atoms. The van der Waals surface area contributed by atoms with Crippen LogP contribution in [0, 0.1) is 0 Å². The second-order valence-corrected chi connectivity index (χ2v) is 10.1. The van der Waals surface area contributed by atoms with Gasteiger partial charge in [-0.15, -0.1) is 11.3 Å². The fourth-order valence-electron chi connectivity index (χ4n) is 3.98. The van der Waals surface area contributed by atoms with Crippen LogP contribution < -0.4 is 4.74 Å². The second kappa shape index (κ2) is 9.06. The molecular formula is C25H27N5O3S. The zero-order valence-electron chi connectivity index (χ0n) is 19.5. The van der Waals surface area contributed by atoms with E-state index in [4.69, 9.17) is 14.5 Å². The molecule has 5 rings (SSSR count). The number of rotatable bonds is 4. The number of thiazole rings is 1. The number of hydrogen-bond donors (Lipinski definition) is 0. The molecule has 1 amide bonds. The molecule has 4 heterocycles. The summed E-state index contributed by atoms with van der Waals surface area (Å²) in [6, 6.07) is 11.8. The molecule has 8 nitrogen and oxygen atoms in total. The van der Waals surface area contributed by atoms with Crippen LogP contribution in [0.15, 0.2) is 54.2 Å². The zero-order chi connectivity index (χ0) is 23.7. The van der Waals surface area contributed by atoms with Gasteiger partial charge < -0.3 is 14.4 Å². The number of hydrogen-bond acceptors (Lipinski definition) is 7. The Morgan fingerprint density at radius 2 is 1.82 bits per heavy atom. The van der Waals surface area contributed by atoms with Crippen molar-refractivity contribution in [1.82, 2.24) is 24.4 Å². The van der Waals surface area contributed by atoms with Crippen molar-refractivity contribution in [3.63, 3.8) is 0 Å². The first-order chi connectivity index (χ1) is 16.4. The lowest BCUT2D eigenvalue weighted by atomic mass is 10.1. The summed E-state index contributed by atoms with van der Waals surface area (Å²) in [6.07, 6.45) is 4.89. The quantitative estimate of drug-likeness (QED) is 0.396. The molecule has 0 bridgehead atoms. The van der Waals surface area contributed by atoms with E-state index in [1.807, 2.05) is 67.1 Å². The highest BCUT2D eigenvalue weighted by atomic mass is 32.1. The number of nitrogens with zero attached hydrogens (tertiary/aromatic N) is 5. The summed E-state index contributed by atoms with van der Waals surface area (Å²) in [5, 5.41) is 2.78. The Morgan fingerprint density at radius 1 is 1.06 bits per heavy atom. The van der Waals surface area contributed by atoms with Crippen LogP contribution in [0.5, 0.6) is 5.75 Å². The van der Waals surface area contributed by atoms with Gasteiger partial charge in [0.15, 0.2) is 16.5 Å². The van der Waals surface area contributed by atoms with Crippen molar-refractivity contribution in [2.24, 2.45) is 0 Å². The minimum Gasteiger partial charge on any atom is -0.490 e. The number of fused-ring (bicyclic) bond motifs is 1. The number of ether oxygens (including phenoxy) is 2. The fourth-order valence-corrected chi connectivity index (χ4v) is 4.60. The summed E-state index contributed by atoms with van der Waals surface area (Å²) in [5.74, 6) is 1.57. The van der Waals surface area contributed by atoms with Crippen LogP contribution in [-0.4, -0.2) is 55.3 Å². The normalized spacial score (nSPS) is 15.0. The molecule has 0 spiro atoms. The van der Waals surface area contributed by atoms with Gasteiger partial charge in [0.25, 0.3) is 0 Å². The van der Waals surface area contributed by atoms with Crippen molar-refractivity contribution in [1.29, 1.82) is 0 Å². The fraction of sp³-hybridized carbons (Fsp3) is 0.360. The largest absolute Gasteiger partial charge is 0.490 e. The highest BCUT2D eigenvalue weighted by Gasteiger charge is 2.27. The molecule has 0 saturated carbocycles. The Bertz CT molecular complexity index is 1270. The van der Waals surface area contributed by atoms with Gasteiger partial charge in [-0.05, 0) is 57.2 Å². The first-order valence-corrected chi connectivity index (χ1v) is 12.2. The van der Waals surface area contributed by atoms with Gasteiger partial charge in [0.2, 0.25) is 0 Å². The van der Waals surface area contributed by atoms with Gasteiger partial charge in [-0.1, -0.05) is 0 Å². The maximum Gasteiger partial charge on any atom is 0.410 e. The molecule has 9 heteroatoms. The van der Waals surface area contributed by atoms with Gasteiger partial charge >= 0.3 is 6.09 Å². The number of likely N-dealkylation sites (tertiary alicyclic amines) is 1. The molecule has 0 unspecified atom stereocenters. The molecule has 0 aliphatic carbocycles. The standard InChI is InChI=1S/C25H27N5O3S/c1-25(2,3)33-24(31)29-14-10-19(11-15-29)32-18-8-6-17(7-9-18)30-21-20(5-4-12-26-21)28-22(30)23-27-13-16-34-23/h4-9,12-13,16,19H,10-11,14-15H2,1-3H3. The molecule has 1 fully saturated rings. The molecule has 1 aliphatic rings. The van der Waals surface area contributed by atoms with Crippen LogP contribution in [0.3, 0.4) is 0 Å². The number of carbonyl (C=O) groups is 1. The third-order valence-electron chi connectivity index (χ3n) is 5.53. The number of pyridine rings is 1. The van der Waals surface area contributed by atoms with E-state index in [9.17, 15) is 4.79 Å². The molecule has 3 aromatic heterocycles. The summed E-state index contributed by atoms with van der Waals surface area (Å²) >= 11 is 1.55. The van der Waals surface area contributed by atoms with Crippen LogP contribution in [0.1, 0.15) is 33.6 Å². The summed E-state index contributed by atoms with van der Waals surface area (Å²) in [5.41, 5.74) is 2.07. The van der Waals surface area contributed by atoms with E-state index >= 15 is 0 Å². The molecule has 1 aliphatic heterocycles. The summed E-state index contributed by atoms with van der Waals surface area (Å²) < 4.78 is 13.7. The SMILES string of the molecule is CC(C)(C)OC(=O)N1CCC(Oc2ccc(-n3c(-c4nccs4)nc4cccnc43)cc2)CC1. The maximum absolute atomic E-state index is 12.3. The van der Waals surface area contributed by atoms with Gasteiger partial charge in [-0.2, -0.15) is 0 Å². The molecule has 176 valence electrons. The average molecular weight is 478 g/mol. The lowest BCUT2D eigenvalue weighted by molar-refractivity contribution is 0.0126. The third-order valence-corrected chi connectivity index (χ3v) is 6.30. The van der Waals surface area contributed by atoms with E-state index in [-0.39, 0.29) is 12.2 Å². The van der Waals surface area contributed by atoms with Crippen molar-refractivity contribution in [2.75, 3.05) is 13.1 Å². The summed E-state index contributed by atoms with van der Waals surface area (Å²) in [4.78, 5) is 27.8. The highest BCUT2D eigenvalue weighted by Crippen LogP contribution is 2.30. The smallest absolute Gasteiger partial charge is 0.410 e. The van der Waals surface area contributed by atoms with Crippen molar-refractivity contribution < 1.29 is 14.3 Å². The van der Waals surface area contributed by atoms with Gasteiger partial charge in [-0.25, -0.2) is 19.7 Å². The minimum atomic E-state index is -0.484. The van der Waals surface area contributed by atoms with E-state index in [0.717, 1.165) is 46.3 Å². The van der Waals surface area contributed by atoms with E-state index in [1.165, 1.54) is 0 Å². The predicted molar refractivity (Wildman–Crippen MR) is 131 cm³/mol. The Kier molecular flexibility index (Phi) is 5.95. The van der Waals surface area contributed by atoms with Gasteiger partial charge in [0, 0.05) is 49.4 Å². The predicted octanol–water partition coefficient (Wildman–Crippen LogP) is 5.32. The monoisotopic (exact) mass is 477 g/mol. The molecule has 4 aromatic rings. The van der Waals surface area contributed by atoms with Crippen LogP contribution in [-0.2, 0) is 4.74 Å². The molecular weight excluding hydrogens is 450 g/mol. The van der Waals surface area contributed by atoms with Crippen LogP contribution in [0.2, 0.25) is 0 Å². The van der Waals surface area contributed by atoms with Crippen molar-refractivity contribution in [3.05, 3.63) is 54.2 Å². The number of aromatic nitrogens is 4. The zero-order valence-corrected chi connectivity index (χ0v) is 20.3. The van der Waals surface area contributed by atoms with Gasteiger partial charge in [0.1, 0.15) is 23.0 Å². The van der Waals surface area contributed by atoms with Crippen LogP contribution >= 0.6 is 11.3 Å². The Labute approximate surface area is 202 Å². The average Bonchev–Trinajstić information content (AvgIpc) is 3.47. The van der Waals surface area contributed by atoms with E-state index in [1.54, 1.807) is 28.6 Å². The first kappa shape index (κ1) is 22.3.